The van der Waals surface area contributed by atoms with Gasteiger partial charge in [-0.1, -0.05) is 6.92 Å². The van der Waals surface area contributed by atoms with Gasteiger partial charge in [-0.25, -0.2) is 4.98 Å². The Morgan fingerprint density at radius 1 is 1.30 bits per heavy atom. The number of likely N-dealkylation sites (N-methyl/N-ethyl adjacent to an activating group) is 1. The van der Waals surface area contributed by atoms with E-state index in [0.29, 0.717) is 5.92 Å². The van der Waals surface area contributed by atoms with Crippen LogP contribution < -0.4 is 10.1 Å². The first-order valence-corrected chi connectivity index (χ1v) is 7.13. The van der Waals surface area contributed by atoms with E-state index < -0.39 is 6.61 Å². The summed E-state index contributed by atoms with van der Waals surface area (Å²) < 4.78 is 28.5. The molecule has 2 aromatic rings. The van der Waals surface area contributed by atoms with Crippen molar-refractivity contribution in [3.63, 3.8) is 0 Å². The molecule has 0 aliphatic carbocycles. The van der Waals surface area contributed by atoms with E-state index in [1.165, 1.54) is 12.1 Å². The minimum absolute atomic E-state index is 0.155. The van der Waals surface area contributed by atoms with Crippen molar-refractivity contribution in [3.05, 3.63) is 34.7 Å². The number of alkyl halides is 2. The lowest BCUT2D eigenvalue weighted by molar-refractivity contribution is -0.0498. The number of benzene rings is 1. The summed E-state index contributed by atoms with van der Waals surface area (Å²) in [5.41, 5.74) is 1.75. The molecule has 3 nitrogen and oxygen atoms in total. The average molecular weight is 298 g/mol. The Labute approximate surface area is 120 Å². The SMILES string of the molecule is CNCC(C)c1nc(-c2ccc(OC(F)F)cc2)cs1. The van der Waals surface area contributed by atoms with Crippen LogP contribution in [0.3, 0.4) is 0 Å². The van der Waals surface area contributed by atoms with Gasteiger partial charge in [-0.05, 0) is 31.3 Å². The maximum atomic E-state index is 12.1. The monoisotopic (exact) mass is 298 g/mol. The number of thiazole rings is 1. The first kappa shape index (κ1) is 14.9. The van der Waals surface area contributed by atoms with Crippen LogP contribution in [0.4, 0.5) is 8.78 Å². The summed E-state index contributed by atoms with van der Waals surface area (Å²) in [6, 6.07) is 6.52. The fraction of sp³-hybridized carbons (Fsp3) is 0.357. The van der Waals surface area contributed by atoms with Gasteiger partial charge in [0.1, 0.15) is 5.75 Å². The van der Waals surface area contributed by atoms with Gasteiger partial charge in [0.05, 0.1) is 10.7 Å². The molecule has 0 spiro atoms. The fourth-order valence-corrected chi connectivity index (χ4v) is 2.74. The molecular formula is C14H16F2N2OS. The minimum Gasteiger partial charge on any atom is -0.435 e. The third kappa shape index (κ3) is 3.74. The maximum absolute atomic E-state index is 12.1. The van der Waals surface area contributed by atoms with Crippen LogP contribution in [0.2, 0.25) is 0 Å². The molecule has 6 heteroatoms. The van der Waals surface area contributed by atoms with Crippen LogP contribution in [0.1, 0.15) is 17.8 Å². The molecule has 108 valence electrons. The van der Waals surface area contributed by atoms with Crippen LogP contribution in [-0.4, -0.2) is 25.2 Å². The molecule has 1 aromatic heterocycles. The van der Waals surface area contributed by atoms with Crippen LogP contribution in [0.15, 0.2) is 29.6 Å². The maximum Gasteiger partial charge on any atom is 0.387 e. The molecule has 1 unspecified atom stereocenters. The zero-order valence-corrected chi connectivity index (χ0v) is 12.1. The molecule has 0 aliphatic rings. The smallest absolute Gasteiger partial charge is 0.387 e. The Balaban J connectivity index is 2.11. The first-order valence-electron chi connectivity index (χ1n) is 6.25. The Bertz CT molecular complexity index is 542. The van der Waals surface area contributed by atoms with E-state index in [9.17, 15) is 8.78 Å². The van der Waals surface area contributed by atoms with Crippen molar-refractivity contribution < 1.29 is 13.5 Å². The molecule has 0 bridgehead atoms. The molecule has 0 saturated heterocycles. The molecule has 0 radical (unpaired) electrons. The normalized spacial score (nSPS) is 12.7. The van der Waals surface area contributed by atoms with Gasteiger partial charge in [-0.3, -0.25) is 0 Å². The first-order chi connectivity index (χ1) is 9.60. The van der Waals surface area contributed by atoms with E-state index in [0.717, 1.165) is 22.8 Å². The van der Waals surface area contributed by atoms with Crippen molar-refractivity contribution >= 4 is 11.3 Å². The summed E-state index contributed by atoms with van der Waals surface area (Å²) in [5.74, 6) is 0.503. The van der Waals surface area contributed by atoms with Crippen molar-refractivity contribution in [2.75, 3.05) is 13.6 Å². The van der Waals surface area contributed by atoms with Crippen molar-refractivity contribution in [1.29, 1.82) is 0 Å². The van der Waals surface area contributed by atoms with Crippen molar-refractivity contribution in [2.24, 2.45) is 0 Å². The summed E-state index contributed by atoms with van der Waals surface area (Å²) in [6.45, 7) is 0.182. The van der Waals surface area contributed by atoms with E-state index in [4.69, 9.17) is 0 Å². The number of rotatable bonds is 6. The molecule has 0 saturated carbocycles. The van der Waals surface area contributed by atoms with Crippen LogP contribution in [0, 0.1) is 0 Å². The van der Waals surface area contributed by atoms with Gasteiger partial charge in [-0.15, -0.1) is 11.3 Å². The van der Waals surface area contributed by atoms with Crippen LogP contribution >= 0.6 is 11.3 Å². The largest absolute Gasteiger partial charge is 0.435 e. The van der Waals surface area contributed by atoms with Gasteiger partial charge in [0.2, 0.25) is 0 Å². The van der Waals surface area contributed by atoms with Gasteiger partial charge < -0.3 is 10.1 Å². The van der Waals surface area contributed by atoms with Crippen LogP contribution in [-0.2, 0) is 0 Å². The van der Waals surface area contributed by atoms with E-state index in [-0.39, 0.29) is 5.75 Å². The molecule has 0 amide bonds. The third-order valence-electron chi connectivity index (χ3n) is 2.83. The van der Waals surface area contributed by atoms with E-state index in [1.807, 2.05) is 12.4 Å². The lowest BCUT2D eigenvalue weighted by Gasteiger charge is -2.06. The molecule has 1 heterocycles. The number of aromatic nitrogens is 1. The van der Waals surface area contributed by atoms with Gasteiger partial charge in [-0.2, -0.15) is 8.78 Å². The van der Waals surface area contributed by atoms with E-state index in [2.05, 4.69) is 22.0 Å². The van der Waals surface area contributed by atoms with Crippen molar-refractivity contribution in [1.82, 2.24) is 10.3 Å². The molecule has 0 fully saturated rings. The average Bonchev–Trinajstić information content (AvgIpc) is 2.89. The Hall–Kier alpha value is -1.53. The molecular weight excluding hydrogens is 282 g/mol. The summed E-state index contributed by atoms with van der Waals surface area (Å²) >= 11 is 1.60. The third-order valence-corrected chi connectivity index (χ3v) is 3.91. The Morgan fingerprint density at radius 2 is 2.00 bits per heavy atom. The highest BCUT2D eigenvalue weighted by molar-refractivity contribution is 7.10. The molecule has 0 aliphatic heterocycles. The standard InChI is InChI=1S/C14H16F2N2OS/c1-9(7-17-2)13-18-12(8-20-13)10-3-5-11(6-4-10)19-14(15)16/h3-6,8-9,14,17H,7H2,1-2H3. The highest BCUT2D eigenvalue weighted by Gasteiger charge is 2.11. The second-order valence-corrected chi connectivity index (χ2v) is 5.32. The van der Waals surface area contributed by atoms with Crippen molar-refractivity contribution in [2.45, 2.75) is 19.5 Å². The topological polar surface area (TPSA) is 34.2 Å². The number of halogens is 2. The van der Waals surface area contributed by atoms with Gasteiger partial charge in [0.15, 0.2) is 0 Å². The highest BCUT2D eigenvalue weighted by Crippen LogP contribution is 2.27. The van der Waals surface area contributed by atoms with Gasteiger partial charge in [0, 0.05) is 23.4 Å². The second-order valence-electron chi connectivity index (χ2n) is 4.43. The quantitative estimate of drug-likeness (QED) is 0.882. The zero-order chi connectivity index (χ0) is 14.5. The Morgan fingerprint density at radius 3 is 2.60 bits per heavy atom. The van der Waals surface area contributed by atoms with Crippen LogP contribution in [0.5, 0.6) is 5.75 Å². The second kappa shape index (κ2) is 6.76. The summed E-state index contributed by atoms with van der Waals surface area (Å²) in [4.78, 5) is 4.58. The number of nitrogens with zero attached hydrogens (tertiary/aromatic N) is 1. The summed E-state index contributed by atoms with van der Waals surface area (Å²) in [6.07, 6.45) is 0. The predicted octanol–water partition coefficient (Wildman–Crippen LogP) is 3.73. The lowest BCUT2D eigenvalue weighted by atomic mass is 10.1. The molecule has 1 atom stereocenters. The van der Waals surface area contributed by atoms with E-state index >= 15 is 0 Å². The molecule has 20 heavy (non-hydrogen) atoms. The highest BCUT2D eigenvalue weighted by atomic mass is 32.1. The van der Waals surface area contributed by atoms with Gasteiger partial charge in [0.25, 0.3) is 0 Å². The minimum atomic E-state index is -2.80. The number of hydrogen-bond acceptors (Lipinski definition) is 4. The predicted molar refractivity (Wildman–Crippen MR) is 76.5 cm³/mol. The number of hydrogen-bond donors (Lipinski definition) is 1. The van der Waals surface area contributed by atoms with Crippen molar-refractivity contribution in [3.8, 4) is 17.0 Å². The number of ether oxygens (including phenoxy) is 1. The summed E-state index contributed by atoms with van der Waals surface area (Å²) in [7, 11) is 1.91. The summed E-state index contributed by atoms with van der Waals surface area (Å²) in [5, 5.41) is 6.15. The fourth-order valence-electron chi connectivity index (χ4n) is 1.85. The van der Waals surface area contributed by atoms with E-state index in [1.54, 1.807) is 23.5 Å². The molecule has 1 N–H and O–H groups in total. The Kier molecular flexibility index (Phi) is 5.03. The van der Waals surface area contributed by atoms with Crippen LogP contribution in [0.25, 0.3) is 11.3 Å². The lowest BCUT2D eigenvalue weighted by Crippen LogP contribution is -2.14. The van der Waals surface area contributed by atoms with Gasteiger partial charge >= 0.3 is 6.61 Å². The molecule has 1 aromatic carbocycles. The molecule has 2 rings (SSSR count). The number of nitrogens with one attached hydrogen (secondary N) is 1. The zero-order valence-electron chi connectivity index (χ0n) is 11.3.